The van der Waals surface area contributed by atoms with Crippen molar-refractivity contribution in [3.05, 3.63) is 53.6 Å². The van der Waals surface area contributed by atoms with Crippen LogP contribution in [-0.2, 0) is 23.2 Å². The minimum absolute atomic E-state index is 0.264. The molecule has 110 valence electrons. The summed E-state index contributed by atoms with van der Waals surface area (Å²) in [5, 5.41) is 4.94. The molecular formula is C15H16FN3O2. The molecule has 2 rings (SSSR count). The lowest BCUT2D eigenvalue weighted by Gasteiger charge is -2.08. The van der Waals surface area contributed by atoms with Crippen molar-refractivity contribution in [2.75, 3.05) is 5.32 Å². The van der Waals surface area contributed by atoms with Gasteiger partial charge < -0.3 is 15.2 Å². The maximum Gasteiger partial charge on any atom is 0.313 e. The molecule has 5 nitrogen and oxygen atoms in total. The van der Waals surface area contributed by atoms with Crippen molar-refractivity contribution in [3.63, 3.8) is 0 Å². The molecule has 0 radical (unpaired) electrons. The summed E-state index contributed by atoms with van der Waals surface area (Å²) in [5.41, 5.74) is 2.33. The number of nitrogens with one attached hydrogen (secondary N) is 2. The Bertz CT molecular complexity index is 662. The van der Waals surface area contributed by atoms with Crippen LogP contribution in [0.4, 0.5) is 10.1 Å². The Labute approximate surface area is 121 Å². The summed E-state index contributed by atoms with van der Waals surface area (Å²) in [6.07, 6.45) is 0. The predicted octanol–water partition coefficient (Wildman–Crippen LogP) is 1.73. The Morgan fingerprint density at radius 2 is 1.76 bits per heavy atom. The standard InChI is InChI=1S/C15H16FN3O2/c1-10-3-8-13(19(10)2)9-17-14(20)15(21)18-12-6-4-11(16)5-7-12/h3-8H,9H2,1-2H3,(H,17,20)(H,18,21). The van der Waals surface area contributed by atoms with Crippen LogP contribution in [0, 0.1) is 12.7 Å². The van der Waals surface area contributed by atoms with Crippen molar-refractivity contribution < 1.29 is 14.0 Å². The molecule has 21 heavy (non-hydrogen) atoms. The lowest BCUT2D eigenvalue weighted by atomic mass is 10.3. The normalized spacial score (nSPS) is 10.2. The molecule has 1 aromatic carbocycles. The molecule has 2 N–H and O–H groups in total. The molecule has 0 bridgehead atoms. The van der Waals surface area contributed by atoms with Crippen molar-refractivity contribution in [2.24, 2.45) is 7.05 Å². The van der Waals surface area contributed by atoms with Gasteiger partial charge in [-0.25, -0.2) is 4.39 Å². The van der Waals surface area contributed by atoms with Crippen molar-refractivity contribution in [1.29, 1.82) is 0 Å². The van der Waals surface area contributed by atoms with Gasteiger partial charge in [-0.2, -0.15) is 0 Å². The molecule has 0 aliphatic carbocycles. The molecule has 0 unspecified atom stereocenters. The summed E-state index contributed by atoms with van der Waals surface area (Å²) in [6, 6.07) is 9.01. The molecule has 6 heteroatoms. The summed E-state index contributed by atoms with van der Waals surface area (Å²) in [7, 11) is 1.88. The minimum Gasteiger partial charge on any atom is -0.350 e. The van der Waals surface area contributed by atoms with E-state index in [0.29, 0.717) is 5.69 Å². The van der Waals surface area contributed by atoms with Crippen molar-refractivity contribution in [3.8, 4) is 0 Å². The zero-order valence-corrected chi connectivity index (χ0v) is 11.8. The van der Waals surface area contributed by atoms with Crippen LogP contribution in [0.25, 0.3) is 0 Å². The molecule has 0 saturated carbocycles. The van der Waals surface area contributed by atoms with Gasteiger partial charge in [0.25, 0.3) is 0 Å². The highest BCUT2D eigenvalue weighted by Gasteiger charge is 2.14. The number of benzene rings is 1. The summed E-state index contributed by atoms with van der Waals surface area (Å²) < 4.78 is 14.7. The molecule has 1 heterocycles. The van der Waals surface area contributed by atoms with Gasteiger partial charge in [-0.05, 0) is 43.3 Å². The molecule has 2 amide bonds. The van der Waals surface area contributed by atoms with Crippen molar-refractivity contribution in [2.45, 2.75) is 13.5 Å². The third-order valence-corrected chi connectivity index (χ3v) is 3.22. The fraction of sp³-hybridized carbons (Fsp3) is 0.200. The van der Waals surface area contributed by atoms with E-state index in [1.165, 1.54) is 24.3 Å². The minimum atomic E-state index is -0.785. The SMILES string of the molecule is Cc1ccc(CNC(=O)C(=O)Nc2ccc(F)cc2)n1C. The number of carbonyl (C=O) groups is 2. The van der Waals surface area contributed by atoms with Crippen molar-refractivity contribution >= 4 is 17.5 Å². The number of aromatic nitrogens is 1. The number of rotatable bonds is 3. The Hall–Kier alpha value is -2.63. The molecule has 0 aliphatic heterocycles. The second-order valence-electron chi connectivity index (χ2n) is 4.67. The van der Waals surface area contributed by atoms with Crippen LogP contribution in [0.2, 0.25) is 0 Å². The third kappa shape index (κ3) is 3.68. The van der Waals surface area contributed by atoms with Crippen LogP contribution < -0.4 is 10.6 Å². The number of nitrogens with zero attached hydrogens (tertiary/aromatic N) is 1. The lowest BCUT2D eigenvalue weighted by molar-refractivity contribution is -0.136. The van der Waals surface area contributed by atoms with Gasteiger partial charge in [0.1, 0.15) is 5.82 Å². The number of halogens is 1. The fourth-order valence-electron chi connectivity index (χ4n) is 1.82. The molecule has 0 fully saturated rings. The Kier molecular flexibility index (Phi) is 4.37. The largest absolute Gasteiger partial charge is 0.350 e. The van der Waals surface area contributed by atoms with Crippen LogP contribution in [0.1, 0.15) is 11.4 Å². The zero-order valence-electron chi connectivity index (χ0n) is 11.8. The van der Waals surface area contributed by atoms with Crippen LogP contribution in [0.5, 0.6) is 0 Å². The maximum atomic E-state index is 12.7. The first-order valence-electron chi connectivity index (χ1n) is 6.43. The second kappa shape index (κ2) is 6.21. The highest BCUT2D eigenvalue weighted by Crippen LogP contribution is 2.08. The summed E-state index contributed by atoms with van der Waals surface area (Å²) in [5.74, 6) is -1.93. The number of anilines is 1. The topological polar surface area (TPSA) is 63.1 Å². The Balaban J connectivity index is 1.89. The monoisotopic (exact) mass is 289 g/mol. The van der Waals surface area contributed by atoms with Gasteiger partial charge in [-0.1, -0.05) is 0 Å². The first kappa shape index (κ1) is 14.8. The van der Waals surface area contributed by atoms with E-state index in [1.54, 1.807) is 0 Å². The van der Waals surface area contributed by atoms with Gasteiger partial charge in [0.05, 0.1) is 6.54 Å². The predicted molar refractivity (Wildman–Crippen MR) is 77.0 cm³/mol. The summed E-state index contributed by atoms with van der Waals surface area (Å²) in [4.78, 5) is 23.4. The molecular weight excluding hydrogens is 273 g/mol. The summed E-state index contributed by atoms with van der Waals surface area (Å²) in [6.45, 7) is 2.21. The quantitative estimate of drug-likeness (QED) is 0.845. The second-order valence-corrected chi connectivity index (χ2v) is 4.67. The van der Waals surface area contributed by atoms with Gasteiger partial charge in [0, 0.05) is 24.1 Å². The van der Waals surface area contributed by atoms with Crippen LogP contribution >= 0.6 is 0 Å². The average Bonchev–Trinajstić information content (AvgIpc) is 2.78. The third-order valence-electron chi connectivity index (χ3n) is 3.22. The molecule has 0 atom stereocenters. The van der Waals surface area contributed by atoms with Gasteiger partial charge in [0.15, 0.2) is 0 Å². The highest BCUT2D eigenvalue weighted by molar-refractivity contribution is 6.39. The van der Waals surface area contributed by atoms with E-state index in [1.807, 2.05) is 30.7 Å². The van der Waals surface area contributed by atoms with E-state index in [9.17, 15) is 14.0 Å². The fourth-order valence-corrected chi connectivity index (χ4v) is 1.82. The molecule has 0 saturated heterocycles. The highest BCUT2D eigenvalue weighted by atomic mass is 19.1. The summed E-state index contributed by atoms with van der Waals surface area (Å²) >= 11 is 0. The van der Waals surface area contributed by atoms with E-state index in [-0.39, 0.29) is 6.54 Å². The van der Waals surface area contributed by atoms with Gasteiger partial charge in [-0.15, -0.1) is 0 Å². The Morgan fingerprint density at radius 1 is 1.10 bits per heavy atom. The number of hydrogen-bond acceptors (Lipinski definition) is 2. The molecule has 0 spiro atoms. The van der Waals surface area contributed by atoms with Gasteiger partial charge >= 0.3 is 11.8 Å². The molecule has 1 aromatic heterocycles. The zero-order chi connectivity index (χ0) is 15.4. The average molecular weight is 289 g/mol. The van der Waals surface area contributed by atoms with Crippen LogP contribution in [0.15, 0.2) is 36.4 Å². The maximum absolute atomic E-state index is 12.7. The lowest BCUT2D eigenvalue weighted by Crippen LogP contribution is -2.35. The van der Waals surface area contributed by atoms with E-state index in [2.05, 4.69) is 10.6 Å². The number of hydrogen-bond donors (Lipinski definition) is 2. The number of aryl methyl sites for hydroxylation is 1. The number of amides is 2. The molecule has 0 aliphatic rings. The first-order valence-corrected chi connectivity index (χ1v) is 6.43. The van der Waals surface area contributed by atoms with E-state index in [0.717, 1.165) is 11.4 Å². The smallest absolute Gasteiger partial charge is 0.313 e. The van der Waals surface area contributed by atoms with Crippen LogP contribution in [-0.4, -0.2) is 16.4 Å². The van der Waals surface area contributed by atoms with Crippen molar-refractivity contribution in [1.82, 2.24) is 9.88 Å². The van der Waals surface area contributed by atoms with Crippen LogP contribution in [0.3, 0.4) is 0 Å². The van der Waals surface area contributed by atoms with E-state index in [4.69, 9.17) is 0 Å². The van der Waals surface area contributed by atoms with E-state index < -0.39 is 17.6 Å². The van der Waals surface area contributed by atoms with E-state index >= 15 is 0 Å². The van der Waals surface area contributed by atoms with Gasteiger partial charge in [0.2, 0.25) is 0 Å². The molecule has 2 aromatic rings. The number of carbonyl (C=O) groups excluding carboxylic acids is 2. The van der Waals surface area contributed by atoms with Gasteiger partial charge in [-0.3, -0.25) is 9.59 Å². The Morgan fingerprint density at radius 3 is 2.33 bits per heavy atom. The first-order chi connectivity index (χ1) is 9.97.